The molecule has 6 nitrogen and oxygen atoms in total. The molecule has 2 N–H and O–H groups in total. The normalized spacial score (nSPS) is 11.4. The van der Waals surface area contributed by atoms with Crippen LogP contribution in [0.5, 0.6) is 5.75 Å². The molecule has 2 heterocycles. The van der Waals surface area contributed by atoms with Crippen LogP contribution in [0.2, 0.25) is 0 Å². The maximum Gasteiger partial charge on any atom is 0.307 e. The van der Waals surface area contributed by atoms with Crippen molar-refractivity contribution in [3.05, 3.63) is 81.8 Å². The number of hydrogen-bond donors (Lipinski definition) is 2. The molecular weight excluding hydrogens is 434 g/mol. The van der Waals surface area contributed by atoms with Crippen LogP contribution in [-0.2, 0) is 0 Å². The largest absolute Gasteiger partial charge is 0.508 e. The molecule has 0 aliphatic carbocycles. The summed E-state index contributed by atoms with van der Waals surface area (Å²) in [6, 6.07) is 16.2. The number of carbonyl (C=O) groups is 1. The van der Waals surface area contributed by atoms with Crippen LogP contribution in [0.25, 0.3) is 16.7 Å². The van der Waals surface area contributed by atoms with Crippen molar-refractivity contribution in [2.75, 3.05) is 0 Å². The third-order valence-corrected chi connectivity index (χ3v) is 5.14. The molecule has 0 aliphatic heterocycles. The summed E-state index contributed by atoms with van der Waals surface area (Å²) in [5.41, 5.74) is 6.96. The Morgan fingerprint density at radius 1 is 1.14 bits per heavy atom. The van der Waals surface area contributed by atoms with E-state index in [4.69, 9.17) is 4.42 Å². The fraction of sp³-hybridized carbons (Fsp3) is 0.0909. The van der Waals surface area contributed by atoms with Crippen LogP contribution >= 0.6 is 15.9 Å². The number of phenols is 1. The summed E-state index contributed by atoms with van der Waals surface area (Å²) in [7, 11) is 0. The van der Waals surface area contributed by atoms with Gasteiger partial charge in [0.05, 0.1) is 6.21 Å². The van der Waals surface area contributed by atoms with E-state index >= 15 is 0 Å². The molecule has 0 fully saturated rings. The lowest BCUT2D eigenvalue weighted by atomic mass is 10.2. The number of aromatic hydroxyl groups is 1. The van der Waals surface area contributed by atoms with E-state index in [0.717, 1.165) is 32.5 Å². The quantitative estimate of drug-likeness (QED) is 0.335. The minimum atomic E-state index is -0.416. The molecule has 2 aromatic heterocycles. The number of aryl methyl sites for hydroxylation is 1. The van der Waals surface area contributed by atoms with E-state index in [1.807, 2.05) is 44.2 Å². The number of benzene rings is 2. The van der Waals surface area contributed by atoms with Crippen molar-refractivity contribution >= 4 is 39.0 Å². The van der Waals surface area contributed by atoms with Crippen molar-refractivity contribution in [3.63, 3.8) is 0 Å². The minimum Gasteiger partial charge on any atom is -0.508 e. The Labute approximate surface area is 175 Å². The highest BCUT2D eigenvalue weighted by molar-refractivity contribution is 9.10. The zero-order chi connectivity index (χ0) is 20.5. The molecule has 7 heteroatoms. The molecule has 0 atom stereocenters. The number of phenolic OH excluding ortho intramolecular Hbond substituents is 1. The number of carbonyl (C=O) groups excluding carboxylic acids is 1. The number of nitrogens with zero attached hydrogens (tertiary/aromatic N) is 2. The molecule has 4 rings (SSSR count). The first-order valence-corrected chi connectivity index (χ1v) is 9.72. The molecule has 1 amide bonds. The highest BCUT2D eigenvalue weighted by Crippen LogP contribution is 2.24. The number of hydrogen-bond acceptors (Lipinski definition) is 4. The molecule has 0 spiro atoms. The standard InChI is InChI=1S/C22H18BrN3O3/c1-13-9-16(14(2)26(13)18-4-6-19(27)7-5-18)12-24-25-22(28)21-11-15-10-17(23)3-8-20(15)29-21/h3-12,27H,1-2H3,(H,25,28)/b24-12-. The average Bonchev–Trinajstić information content (AvgIpc) is 3.23. The van der Waals surface area contributed by atoms with Gasteiger partial charge in [0.1, 0.15) is 11.3 Å². The van der Waals surface area contributed by atoms with Crippen molar-refractivity contribution in [1.29, 1.82) is 0 Å². The van der Waals surface area contributed by atoms with E-state index in [-0.39, 0.29) is 11.5 Å². The van der Waals surface area contributed by atoms with E-state index in [9.17, 15) is 9.90 Å². The summed E-state index contributed by atoms with van der Waals surface area (Å²) >= 11 is 3.40. The van der Waals surface area contributed by atoms with Crippen LogP contribution < -0.4 is 5.43 Å². The molecule has 4 aromatic rings. The fourth-order valence-electron chi connectivity index (χ4n) is 3.26. The average molecular weight is 452 g/mol. The van der Waals surface area contributed by atoms with Gasteiger partial charge in [-0.2, -0.15) is 5.10 Å². The highest BCUT2D eigenvalue weighted by atomic mass is 79.9. The van der Waals surface area contributed by atoms with Gasteiger partial charge in [-0.05, 0) is 68.4 Å². The van der Waals surface area contributed by atoms with Gasteiger partial charge in [-0.3, -0.25) is 4.79 Å². The molecule has 0 bridgehead atoms. The molecular formula is C22H18BrN3O3. The van der Waals surface area contributed by atoms with E-state index in [1.165, 1.54) is 0 Å². The van der Waals surface area contributed by atoms with Crippen molar-refractivity contribution in [2.24, 2.45) is 5.10 Å². The van der Waals surface area contributed by atoms with Crippen molar-refractivity contribution in [2.45, 2.75) is 13.8 Å². The molecule has 0 radical (unpaired) electrons. The molecule has 0 saturated carbocycles. The molecule has 0 unspecified atom stereocenters. The lowest BCUT2D eigenvalue weighted by Crippen LogP contribution is -2.16. The SMILES string of the molecule is Cc1cc(/C=N\NC(=O)c2cc3cc(Br)ccc3o2)c(C)n1-c1ccc(O)cc1. The molecule has 29 heavy (non-hydrogen) atoms. The van der Waals surface area contributed by atoms with Crippen LogP contribution in [0.3, 0.4) is 0 Å². The Bertz CT molecular complexity index is 1240. The number of halogens is 1. The van der Waals surface area contributed by atoms with Crippen LogP contribution in [0.4, 0.5) is 0 Å². The van der Waals surface area contributed by atoms with Gasteiger partial charge in [0.25, 0.3) is 0 Å². The second kappa shape index (κ2) is 7.60. The Hall–Kier alpha value is -3.32. The maximum atomic E-state index is 12.3. The molecule has 0 saturated heterocycles. The first-order chi connectivity index (χ1) is 13.9. The van der Waals surface area contributed by atoms with Crippen molar-refractivity contribution in [1.82, 2.24) is 9.99 Å². The van der Waals surface area contributed by atoms with Gasteiger partial charge >= 0.3 is 5.91 Å². The van der Waals surface area contributed by atoms with Gasteiger partial charge in [0.2, 0.25) is 0 Å². The van der Waals surface area contributed by atoms with Crippen molar-refractivity contribution < 1.29 is 14.3 Å². The summed E-state index contributed by atoms with van der Waals surface area (Å²) < 4.78 is 8.54. The third-order valence-electron chi connectivity index (χ3n) is 4.65. The van der Waals surface area contributed by atoms with Gasteiger partial charge in [0, 0.05) is 32.5 Å². The van der Waals surface area contributed by atoms with Gasteiger partial charge in [-0.1, -0.05) is 15.9 Å². The van der Waals surface area contributed by atoms with Crippen LogP contribution in [0.15, 0.2) is 68.6 Å². The van der Waals surface area contributed by atoms with Gasteiger partial charge in [-0.15, -0.1) is 0 Å². The van der Waals surface area contributed by atoms with E-state index in [2.05, 4.69) is 31.0 Å². The summed E-state index contributed by atoms with van der Waals surface area (Å²) in [5, 5.41) is 14.4. The number of rotatable bonds is 4. The second-order valence-corrected chi connectivity index (χ2v) is 7.59. The summed E-state index contributed by atoms with van der Waals surface area (Å²) in [6.45, 7) is 3.96. The third kappa shape index (κ3) is 3.82. The van der Waals surface area contributed by atoms with Crippen LogP contribution in [0.1, 0.15) is 27.5 Å². The Balaban J connectivity index is 1.52. The second-order valence-electron chi connectivity index (χ2n) is 6.67. The molecule has 2 aromatic carbocycles. The number of nitrogens with one attached hydrogen (secondary N) is 1. The fourth-order valence-corrected chi connectivity index (χ4v) is 3.64. The Morgan fingerprint density at radius 2 is 1.90 bits per heavy atom. The minimum absolute atomic E-state index is 0.199. The first-order valence-electron chi connectivity index (χ1n) is 8.93. The summed E-state index contributed by atoms with van der Waals surface area (Å²) in [5.74, 6) is 0.00406. The monoisotopic (exact) mass is 451 g/mol. The topological polar surface area (TPSA) is 79.8 Å². The Morgan fingerprint density at radius 3 is 2.66 bits per heavy atom. The number of furan rings is 1. The summed E-state index contributed by atoms with van der Waals surface area (Å²) in [6.07, 6.45) is 1.61. The zero-order valence-electron chi connectivity index (χ0n) is 15.8. The highest BCUT2D eigenvalue weighted by Gasteiger charge is 2.13. The van der Waals surface area contributed by atoms with Gasteiger partial charge in [-0.25, -0.2) is 5.43 Å². The Kier molecular flexibility index (Phi) is 4.98. The van der Waals surface area contributed by atoms with E-state index in [1.54, 1.807) is 30.5 Å². The number of hydrazone groups is 1. The number of aromatic nitrogens is 1. The smallest absolute Gasteiger partial charge is 0.307 e. The number of amides is 1. The van der Waals surface area contributed by atoms with Crippen molar-refractivity contribution in [3.8, 4) is 11.4 Å². The zero-order valence-corrected chi connectivity index (χ0v) is 17.4. The predicted molar refractivity (Wildman–Crippen MR) is 116 cm³/mol. The van der Waals surface area contributed by atoms with Crippen LogP contribution in [-0.4, -0.2) is 21.8 Å². The molecule has 0 aliphatic rings. The lowest BCUT2D eigenvalue weighted by Gasteiger charge is -2.09. The first kappa shape index (κ1) is 19.0. The van der Waals surface area contributed by atoms with Gasteiger partial charge in [0.15, 0.2) is 5.76 Å². The number of fused-ring (bicyclic) bond motifs is 1. The summed E-state index contributed by atoms with van der Waals surface area (Å²) in [4.78, 5) is 12.3. The van der Waals surface area contributed by atoms with E-state index < -0.39 is 5.91 Å². The lowest BCUT2D eigenvalue weighted by molar-refractivity contribution is 0.0929. The van der Waals surface area contributed by atoms with Gasteiger partial charge < -0.3 is 14.1 Å². The van der Waals surface area contributed by atoms with Crippen LogP contribution in [0, 0.1) is 13.8 Å². The predicted octanol–water partition coefficient (Wildman–Crippen LogP) is 5.07. The van der Waals surface area contributed by atoms with E-state index in [0.29, 0.717) is 5.58 Å². The maximum absolute atomic E-state index is 12.3. The molecule has 146 valence electrons.